The van der Waals surface area contributed by atoms with Crippen LogP contribution in [0.2, 0.25) is 0 Å². The van der Waals surface area contributed by atoms with Crippen molar-refractivity contribution in [1.82, 2.24) is 4.90 Å². The fraction of sp³-hybridized carbons (Fsp3) is 0.350. The van der Waals surface area contributed by atoms with E-state index in [1.165, 1.54) is 17.5 Å². The summed E-state index contributed by atoms with van der Waals surface area (Å²) in [6, 6.07) is 16.4. The van der Waals surface area contributed by atoms with Gasteiger partial charge in [-0.15, -0.1) is 0 Å². The molecule has 1 aliphatic heterocycles. The zero-order chi connectivity index (χ0) is 16.9. The fourth-order valence-corrected chi connectivity index (χ4v) is 3.38. The van der Waals surface area contributed by atoms with Crippen LogP contribution in [0.25, 0.3) is 0 Å². The summed E-state index contributed by atoms with van der Waals surface area (Å²) in [6.45, 7) is 1.95. The molecule has 0 spiro atoms. The van der Waals surface area contributed by atoms with E-state index in [0.717, 1.165) is 31.0 Å². The molecule has 1 aliphatic rings. The molecule has 0 unspecified atom stereocenters. The third-order valence-electron chi connectivity index (χ3n) is 4.63. The normalized spacial score (nSPS) is 17.5. The molecule has 1 atom stereocenters. The van der Waals surface area contributed by atoms with E-state index in [1.807, 2.05) is 36.4 Å². The highest BCUT2D eigenvalue weighted by Crippen LogP contribution is 2.39. The van der Waals surface area contributed by atoms with Gasteiger partial charge in [0.25, 0.3) is 0 Å². The first-order valence-electron chi connectivity index (χ1n) is 8.20. The number of methoxy groups -OCH3 is 2. The maximum atomic E-state index is 8.92. The van der Waals surface area contributed by atoms with Crippen LogP contribution in [0.15, 0.2) is 42.5 Å². The van der Waals surface area contributed by atoms with Crippen LogP contribution in [0.1, 0.15) is 35.6 Å². The number of nitriles is 1. The molecular weight excluding hydrogens is 300 g/mol. The number of hydrogen-bond donors (Lipinski definition) is 0. The van der Waals surface area contributed by atoms with E-state index in [-0.39, 0.29) is 0 Å². The molecule has 0 aromatic heterocycles. The number of hydrogen-bond acceptors (Lipinski definition) is 4. The summed E-state index contributed by atoms with van der Waals surface area (Å²) in [7, 11) is 3.37. The van der Waals surface area contributed by atoms with E-state index < -0.39 is 0 Å². The highest BCUT2D eigenvalue weighted by Gasteiger charge is 2.28. The SMILES string of the molecule is COc1ccc([C@@H]2CCCN2Cc2ccc(C#N)cc2)c(OC)c1. The van der Waals surface area contributed by atoms with E-state index in [1.54, 1.807) is 14.2 Å². The third-order valence-corrected chi connectivity index (χ3v) is 4.63. The van der Waals surface area contributed by atoms with Gasteiger partial charge in [0, 0.05) is 24.2 Å². The van der Waals surface area contributed by atoms with E-state index in [9.17, 15) is 0 Å². The lowest BCUT2D eigenvalue weighted by Crippen LogP contribution is -2.23. The first-order valence-corrected chi connectivity index (χ1v) is 8.20. The average Bonchev–Trinajstić information content (AvgIpc) is 3.09. The molecule has 4 nitrogen and oxygen atoms in total. The Balaban J connectivity index is 1.81. The molecule has 2 aromatic rings. The maximum Gasteiger partial charge on any atom is 0.127 e. The highest BCUT2D eigenvalue weighted by atomic mass is 16.5. The van der Waals surface area contributed by atoms with Crippen LogP contribution >= 0.6 is 0 Å². The molecule has 1 saturated heterocycles. The summed E-state index contributed by atoms with van der Waals surface area (Å²) in [4.78, 5) is 2.48. The van der Waals surface area contributed by atoms with Gasteiger partial charge in [-0.25, -0.2) is 0 Å². The second kappa shape index (κ2) is 7.37. The molecular formula is C20H22N2O2. The van der Waals surface area contributed by atoms with Crippen molar-refractivity contribution < 1.29 is 9.47 Å². The molecule has 2 aromatic carbocycles. The zero-order valence-electron chi connectivity index (χ0n) is 14.2. The van der Waals surface area contributed by atoms with Gasteiger partial charge in [-0.3, -0.25) is 4.90 Å². The lowest BCUT2D eigenvalue weighted by atomic mass is 10.0. The van der Waals surface area contributed by atoms with Crippen molar-refractivity contribution in [3.05, 3.63) is 59.2 Å². The quantitative estimate of drug-likeness (QED) is 0.837. The fourth-order valence-electron chi connectivity index (χ4n) is 3.38. The average molecular weight is 322 g/mol. The van der Waals surface area contributed by atoms with Crippen molar-refractivity contribution >= 4 is 0 Å². The van der Waals surface area contributed by atoms with E-state index in [0.29, 0.717) is 11.6 Å². The van der Waals surface area contributed by atoms with Gasteiger partial charge in [-0.1, -0.05) is 18.2 Å². The molecule has 0 saturated carbocycles. The first-order chi connectivity index (χ1) is 11.7. The van der Waals surface area contributed by atoms with Crippen LogP contribution in [0, 0.1) is 11.3 Å². The monoisotopic (exact) mass is 322 g/mol. The van der Waals surface area contributed by atoms with Gasteiger partial charge in [-0.2, -0.15) is 5.26 Å². The summed E-state index contributed by atoms with van der Waals surface area (Å²) in [5.41, 5.74) is 3.14. The molecule has 3 rings (SSSR count). The van der Waals surface area contributed by atoms with Crippen LogP contribution < -0.4 is 9.47 Å². The Bertz CT molecular complexity index is 734. The summed E-state index contributed by atoms with van der Waals surface area (Å²) in [5, 5.41) is 8.92. The number of benzene rings is 2. The van der Waals surface area contributed by atoms with Crippen molar-refractivity contribution in [1.29, 1.82) is 5.26 Å². The van der Waals surface area contributed by atoms with Crippen molar-refractivity contribution in [2.45, 2.75) is 25.4 Å². The molecule has 0 amide bonds. The predicted molar refractivity (Wildman–Crippen MR) is 93.1 cm³/mol. The molecule has 24 heavy (non-hydrogen) atoms. The summed E-state index contributed by atoms with van der Waals surface area (Å²) in [5.74, 6) is 1.69. The Kier molecular flexibility index (Phi) is 5.02. The predicted octanol–water partition coefficient (Wildman–Crippen LogP) is 3.91. The van der Waals surface area contributed by atoms with Gasteiger partial charge in [0.1, 0.15) is 11.5 Å². The van der Waals surface area contributed by atoms with Crippen molar-refractivity contribution in [2.75, 3.05) is 20.8 Å². The van der Waals surface area contributed by atoms with E-state index >= 15 is 0 Å². The minimum Gasteiger partial charge on any atom is -0.497 e. The van der Waals surface area contributed by atoms with Crippen LogP contribution in [0.3, 0.4) is 0 Å². The molecule has 1 heterocycles. The Morgan fingerprint density at radius 2 is 1.92 bits per heavy atom. The summed E-state index contributed by atoms with van der Waals surface area (Å²) >= 11 is 0. The van der Waals surface area contributed by atoms with E-state index in [2.05, 4.69) is 17.0 Å². The van der Waals surface area contributed by atoms with Gasteiger partial charge >= 0.3 is 0 Å². The van der Waals surface area contributed by atoms with Crippen molar-refractivity contribution in [2.24, 2.45) is 0 Å². The first kappa shape index (κ1) is 16.4. The zero-order valence-corrected chi connectivity index (χ0v) is 14.2. The summed E-state index contributed by atoms with van der Waals surface area (Å²) in [6.07, 6.45) is 2.30. The standard InChI is InChI=1S/C20H22N2O2/c1-23-17-9-10-18(20(12-17)24-2)19-4-3-11-22(19)14-16-7-5-15(13-21)6-8-16/h5-10,12,19H,3-4,11,14H2,1-2H3/t19-/m0/s1. The number of rotatable bonds is 5. The van der Waals surface area contributed by atoms with Gasteiger partial charge in [0.05, 0.1) is 25.9 Å². The lowest BCUT2D eigenvalue weighted by Gasteiger charge is -2.26. The van der Waals surface area contributed by atoms with Crippen molar-refractivity contribution in [3.63, 3.8) is 0 Å². The van der Waals surface area contributed by atoms with Crippen LogP contribution in [-0.4, -0.2) is 25.7 Å². The third kappa shape index (κ3) is 3.37. The second-order valence-corrected chi connectivity index (χ2v) is 6.05. The minimum atomic E-state index is 0.349. The minimum absolute atomic E-state index is 0.349. The molecule has 0 bridgehead atoms. The maximum absolute atomic E-state index is 8.92. The number of ether oxygens (including phenoxy) is 2. The van der Waals surface area contributed by atoms with E-state index in [4.69, 9.17) is 14.7 Å². The Hall–Kier alpha value is -2.51. The highest BCUT2D eigenvalue weighted by molar-refractivity contribution is 5.43. The molecule has 0 N–H and O–H groups in total. The molecule has 1 fully saturated rings. The van der Waals surface area contributed by atoms with Crippen molar-refractivity contribution in [3.8, 4) is 17.6 Å². The molecule has 0 radical (unpaired) electrons. The summed E-state index contributed by atoms with van der Waals surface area (Å²) < 4.78 is 10.9. The number of nitrogens with zero attached hydrogens (tertiary/aromatic N) is 2. The van der Waals surface area contributed by atoms with Gasteiger partial charge < -0.3 is 9.47 Å². The Labute approximate surface area is 143 Å². The van der Waals surface area contributed by atoms with Crippen LogP contribution in [-0.2, 0) is 6.54 Å². The second-order valence-electron chi connectivity index (χ2n) is 6.05. The Morgan fingerprint density at radius 3 is 2.58 bits per heavy atom. The largest absolute Gasteiger partial charge is 0.497 e. The molecule has 4 heteroatoms. The van der Waals surface area contributed by atoms with Gasteiger partial charge in [0.2, 0.25) is 0 Å². The van der Waals surface area contributed by atoms with Gasteiger partial charge in [-0.05, 0) is 43.1 Å². The smallest absolute Gasteiger partial charge is 0.127 e. The lowest BCUT2D eigenvalue weighted by molar-refractivity contribution is 0.242. The topological polar surface area (TPSA) is 45.5 Å². The molecule has 124 valence electrons. The molecule has 0 aliphatic carbocycles. The van der Waals surface area contributed by atoms with Gasteiger partial charge in [0.15, 0.2) is 0 Å². The Morgan fingerprint density at radius 1 is 1.12 bits per heavy atom. The van der Waals surface area contributed by atoms with Crippen LogP contribution in [0.4, 0.5) is 0 Å². The van der Waals surface area contributed by atoms with Crippen LogP contribution in [0.5, 0.6) is 11.5 Å². The number of likely N-dealkylation sites (tertiary alicyclic amines) is 1.